The summed E-state index contributed by atoms with van der Waals surface area (Å²) in [6.45, 7) is 4.49. The summed E-state index contributed by atoms with van der Waals surface area (Å²) in [7, 11) is 0. The van der Waals surface area contributed by atoms with Crippen LogP contribution in [0.3, 0.4) is 0 Å². The number of amides is 1. The fourth-order valence-corrected chi connectivity index (χ4v) is 3.04. The molecule has 2 rings (SSSR count). The Morgan fingerprint density at radius 3 is 2.38 bits per heavy atom. The van der Waals surface area contributed by atoms with Gasteiger partial charge in [0.2, 0.25) is 17.8 Å². The highest BCUT2D eigenvalue weighted by Crippen LogP contribution is 2.21. The molecule has 5 N–H and O–H groups in total. The van der Waals surface area contributed by atoms with Gasteiger partial charge in [-0.1, -0.05) is 49.0 Å². The third kappa shape index (κ3) is 5.09. The molecule has 0 aliphatic carbocycles. The summed E-state index contributed by atoms with van der Waals surface area (Å²) in [6.07, 6.45) is 0.951. The number of anilines is 2. The van der Waals surface area contributed by atoms with E-state index in [9.17, 15) is 4.79 Å². The highest BCUT2D eigenvalue weighted by atomic mass is 32.2. The summed E-state index contributed by atoms with van der Waals surface area (Å²) in [5.41, 5.74) is 12.3. The molecule has 7 nitrogen and oxygen atoms in total. The Labute approximate surface area is 145 Å². The van der Waals surface area contributed by atoms with E-state index in [4.69, 9.17) is 11.5 Å². The first-order valence-electron chi connectivity index (χ1n) is 7.76. The lowest BCUT2D eigenvalue weighted by Crippen LogP contribution is -2.34. The van der Waals surface area contributed by atoms with Crippen LogP contribution < -0.4 is 16.8 Å². The van der Waals surface area contributed by atoms with Gasteiger partial charge in [-0.3, -0.25) is 4.79 Å². The number of rotatable bonds is 7. The minimum absolute atomic E-state index is 0.0488. The molecular formula is C16H22N6OS. The first-order valence-corrected chi connectivity index (χ1v) is 8.64. The average Bonchev–Trinajstić information content (AvgIpc) is 2.55. The molecule has 24 heavy (non-hydrogen) atoms. The predicted octanol–water partition coefficient (Wildman–Crippen LogP) is 1.83. The second-order valence-corrected chi connectivity index (χ2v) is 6.66. The second kappa shape index (κ2) is 8.49. The van der Waals surface area contributed by atoms with E-state index in [1.54, 1.807) is 6.92 Å². The van der Waals surface area contributed by atoms with Crippen LogP contribution in [0.2, 0.25) is 0 Å². The Morgan fingerprint density at radius 1 is 1.17 bits per heavy atom. The van der Waals surface area contributed by atoms with Crippen molar-refractivity contribution in [1.29, 1.82) is 0 Å². The molecule has 0 bridgehead atoms. The number of thioether (sulfide) groups is 1. The predicted molar refractivity (Wildman–Crippen MR) is 96.5 cm³/mol. The van der Waals surface area contributed by atoms with Gasteiger partial charge in [-0.05, 0) is 18.9 Å². The van der Waals surface area contributed by atoms with Crippen molar-refractivity contribution in [3.05, 3.63) is 35.9 Å². The molecule has 2 aromatic rings. The molecule has 0 saturated heterocycles. The molecule has 0 spiro atoms. The number of nitrogens with zero attached hydrogens (tertiary/aromatic N) is 3. The summed E-state index contributed by atoms with van der Waals surface area (Å²) < 4.78 is 0. The molecule has 1 amide bonds. The number of nitrogens with one attached hydrogen (secondary N) is 1. The highest BCUT2D eigenvalue weighted by molar-refractivity contribution is 8.00. The molecule has 0 unspecified atom stereocenters. The summed E-state index contributed by atoms with van der Waals surface area (Å²) in [4.78, 5) is 24.0. The van der Waals surface area contributed by atoms with E-state index >= 15 is 0 Å². The molecular weight excluding hydrogens is 324 g/mol. The molecule has 8 heteroatoms. The van der Waals surface area contributed by atoms with Gasteiger partial charge in [-0.2, -0.15) is 15.0 Å². The number of carbonyl (C=O) groups is 1. The van der Waals surface area contributed by atoms with E-state index in [-0.39, 0.29) is 29.0 Å². The molecule has 0 radical (unpaired) electrons. The Morgan fingerprint density at radius 2 is 1.79 bits per heavy atom. The van der Waals surface area contributed by atoms with Crippen LogP contribution in [-0.4, -0.2) is 32.7 Å². The van der Waals surface area contributed by atoms with Gasteiger partial charge in [0.15, 0.2) is 5.16 Å². The van der Waals surface area contributed by atoms with Gasteiger partial charge in [0.1, 0.15) is 0 Å². The fourth-order valence-electron chi connectivity index (χ4n) is 2.24. The lowest BCUT2D eigenvalue weighted by Gasteiger charge is -2.18. The van der Waals surface area contributed by atoms with E-state index in [1.165, 1.54) is 17.3 Å². The van der Waals surface area contributed by atoms with Crippen molar-refractivity contribution < 1.29 is 4.79 Å². The van der Waals surface area contributed by atoms with Crippen molar-refractivity contribution in [2.75, 3.05) is 18.0 Å². The van der Waals surface area contributed by atoms with Crippen LogP contribution in [0, 0.1) is 0 Å². The van der Waals surface area contributed by atoms with Crippen LogP contribution in [0.4, 0.5) is 11.9 Å². The van der Waals surface area contributed by atoms with Gasteiger partial charge < -0.3 is 16.8 Å². The van der Waals surface area contributed by atoms with E-state index in [0.29, 0.717) is 11.7 Å². The highest BCUT2D eigenvalue weighted by Gasteiger charge is 2.18. The summed E-state index contributed by atoms with van der Waals surface area (Å²) in [6, 6.07) is 10.2. The fraction of sp³-hybridized carbons (Fsp3) is 0.375. The van der Waals surface area contributed by atoms with Gasteiger partial charge in [0, 0.05) is 12.5 Å². The number of carbonyl (C=O) groups excluding carboxylic acids is 1. The maximum atomic E-state index is 12.3. The van der Waals surface area contributed by atoms with Crippen molar-refractivity contribution >= 4 is 29.6 Å². The van der Waals surface area contributed by atoms with Crippen molar-refractivity contribution in [3.8, 4) is 0 Å². The van der Waals surface area contributed by atoms with Gasteiger partial charge in [-0.15, -0.1) is 0 Å². The average molecular weight is 346 g/mol. The van der Waals surface area contributed by atoms with Gasteiger partial charge in [-0.25, -0.2) is 0 Å². The van der Waals surface area contributed by atoms with Crippen molar-refractivity contribution in [1.82, 2.24) is 20.3 Å². The Kier molecular flexibility index (Phi) is 6.36. The quantitative estimate of drug-likeness (QED) is 0.654. The lowest BCUT2D eigenvalue weighted by molar-refractivity contribution is -0.120. The zero-order valence-electron chi connectivity index (χ0n) is 13.8. The minimum Gasteiger partial charge on any atom is -0.368 e. The van der Waals surface area contributed by atoms with Crippen LogP contribution in [0.5, 0.6) is 0 Å². The minimum atomic E-state index is -0.362. The van der Waals surface area contributed by atoms with Gasteiger partial charge >= 0.3 is 0 Å². The second-order valence-electron chi connectivity index (χ2n) is 5.36. The van der Waals surface area contributed by atoms with Crippen LogP contribution in [-0.2, 0) is 4.79 Å². The first-order chi connectivity index (χ1) is 11.5. The monoisotopic (exact) mass is 346 g/mol. The van der Waals surface area contributed by atoms with Gasteiger partial charge in [0.25, 0.3) is 0 Å². The summed E-state index contributed by atoms with van der Waals surface area (Å²) >= 11 is 1.20. The number of hydrogen-bond donors (Lipinski definition) is 3. The molecule has 2 atom stereocenters. The Hall–Kier alpha value is -2.35. The van der Waals surface area contributed by atoms with Gasteiger partial charge in [0.05, 0.1) is 5.25 Å². The molecule has 1 aromatic carbocycles. The molecule has 0 aliphatic rings. The smallest absolute Gasteiger partial charge is 0.233 e. The number of benzene rings is 1. The number of nitrogen functional groups attached to an aromatic ring is 2. The maximum absolute atomic E-state index is 12.3. The third-order valence-corrected chi connectivity index (χ3v) is 4.55. The maximum Gasteiger partial charge on any atom is 0.233 e. The molecule has 0 fully saturated rings. The number of hydrogen-bond acceptors (Lipinski definition) is 7. The standard InChI is InChI=1S/C16H22N6OS/c1-3-11(12-7-5-4-6-8-12)9-19-13(23)10(2)24-16-21-14(17)20-15(18)22-16/h4-8,10-11H,3,9H2,1-2H3,(H,19,23)(H4,17,18,20,21,22)/t10-,11+/m1/s1. The third-order valence-electron chi connectivity index (χ3n) is 3.59. The number of aromatic nitrogens is 3. The summed E-state index contributed by atoms with van der Waals surface area (Å²) in [5, 5.41) is 2.97. The summed E-state index contributed by atoms with van der Waals surface area (Å²) in [5.74, 6) is 0.309. The normalized spacial score (nSPS) is 13.2. The zero-order chi connectivity index (χ0) is 17.5. The van der Waals surface area contributed by atoms with Crippen LogP contribution in [0.25, 0.3) is 0 Å². The zero-order valence-corrected chi connectivity index (χ0v) is 14.6. The van der Waals surface area contributed by atoms with E-state index in [2.05, 4.69) is 39.3 Å². The molecule has 128 valence electrons. The van der Waals surface area contributed by atoms with Crippen molar-refractivity contribution in [2.24, 2.45) is 0 Å². The van der Waals surface area contributed by atoms with Crippen LogP contribution in [0.1, 0.15) is 31.7 Å². The topological polar surface area (TPSA) is 120 Å². The molecule has 1 aromatic heterocycles. The SMILES string of the molecule is CC[C@@H](CNC(=O)[C@@H](C)Sc1nc(N)nc(N)n1)c1ccccc1. The Balaban J connectivity index is 1.91. The molecule has 1 heterocycles. The lowest BCUT2D eigenvalue weighted by atomic mass is 9.96. The van der Waals surface area contributed by atoms with Crippen LogP contribution >= 0.6 is 11.8 Å². The van der Waals surface area contributed by atoms with Crippen molar-refractivity contribution in [3.63, 3.8) is 0 Å². The van der Waals surface area contributed by atoms with Crippen LogP contribution in [0.15, 0.2) is 35.5 Å². The largest absolute Gasteiger partial charge is 0.368 e. The van der Waals surface area contributed by atoms with Crippen molar-refractivity contribution in [2.45, 2.75) is 36.6 Å². The number of nitrogens with two attached hydrogens (primary N) is 2. The van der Waals surface area contributed by atoms with E-state index in [0.717, 1.165) is 6.42 Å². The van der Waals surface area contributed by atoms with E-state index < -0.39 is 0 Å². The molecule has 0 aliphatic heterocycles. The first kappa shape index (κ1) is 18.0. The Bertz CT molecular complexity index is 661. The van der Waals surface area contributed by atoms with E-state index in [1.807, 2.05) is 18.2 Å². The molecule has 0 saturated carbocycles.